The molecule has 0 unspecified atom stereocenters. The highest BCUT2D eigenvalue weighted by Gasteiger charge is 2.26. The molecule has 0 aliphatic rings. The molecule has 0 N–H and O–H groups in total. The van der Waals surface area contributed by atoms with Gasteiger partial charge >= 0.3 is 0 Å². The van der Waals surface area contributed by atoms with E-state index in [1.807, 2.05) is 47.4 Å². The van der Waals surface area contributed by atoms with Crippen LogP contribution in [0.25, 0.3) is 33.9 Å². The van der Waals surface area contributed by atoms with E-state index in [1.165, 1.54) is 50.1 Å². The van der Waals surface area contributed by atoms with Gasteiger partial charge in [-0.15, -0.1) is 0 Å². The third kappa shape index (κ3) is 7.34. The molecule has 8 aromatic rings. The number of anilines is 3. The average Bonchev–Trinajstić information content (AvgIpc) is 3.21. The summed E-state index contributed by atoms with van der Waals surface area (Å²) in [6.45, 7) is 13.3. The fourth-order valence-corrected chi connectivity index (χ4v) is 8.11. The predicted molar refractivity (Wildman–Crippen MR) is 229 cm³/mol. The normalized spacial score (nSPS) is 11.2. The van der Waals surface area contributed by atoms with Crippen molar-refractivity contribution in [2.24, 2.45) is 0 Å². The van der Waals surface area contributed by atoms with Gasteiger partial charge < -0.3 is 0 Å². The Morgan fingerprint density at radius 3 is 1.43 bits per heavy atom. The lowest BCUT2D eigenvalue weighted by atomic mass is 9.77. The monoisotopic (exact) mass is 728 g/mol. The average molecular weight is 729 g/mol. The molecule has 0 atom stereocenters. The maximum absolute atomic E-state index is 5.14. The first-order chi connectivity index (χ1) is 27.2. The number of benzene rings is 6. The van der Waals surface area contributed by atoms with Gasteiger partial charge in [0.15, 0.2) is 11.6 Å². The number of nitrogens with zero attached hydrogens (tertiary/aromatic N) is 6. The van der Waals surface area contributed by atoms with E-state index in [0.29, 0.717) is 23.4 Å². The molecule has 6 nitrogen and oxygen atoms in total. The van der Waals surface area contributed by atoms with E-state index in [9.17, 15) is 0 Å². The summed E-state index contributed by atoms with van der Waals surface area (Å²) in [5.41, 5.74) is 16.6. The Kier molecular flexibility index (Phi) is 10.0. The highest BCUT2D eigenvalue weighted by molar-refractivity contribution is 5.74. The van der Waals surface area contributed by atoms with Crippen molar-refractivity contribution in [1.29, 1.82) is 0 Å². The second kappa shape index (κ2) is 15.5. The van der Waals surface area contributed by atoms with Crippen LogP contribution >= 0.6 is 0 Å². The quantitative estimate of drug-likeness (QED) is 0.138. The van der Waals surface area contributed by atoms with Gasteiger partial charge in [-0.3, -0.25) is 4.90 Å². The van der Waals surface area contributed by atoms with Gasteiger partial charge in [0, 0.05) is 23.2 Å². The minimum absolute atomic E-state index is 0.0464. The second-order valence-electron chi connectivity index (χ2n) is 14.6. The zero-order valence-corrected chi connectivity index (χ0v) is 32.7. The Morgan fingerprint density at radius 2 is 0.929 bits per heavy atom. The smallest absolute Gasteiger partial charge is 0.239 e. The van der Waals surface area contributed by atoms with Crippen LogP contribution in [-0.2, 0) is 0 Å². The van der Waals surface area contributed by atoms with Crippen molar-refractivity contribution in [3.8, 4) is 33.9 Å². The summed E-state index contributed by atoms with van der Waals surface area (Å²) in [5, 5.41) is 0. The molecule has 56 heavy (non-hydrogen) atoms. The molecule has 0 spiro atoms. The van der Waals surface area contributed by atoms with Gasteiger partial charge in [0.25, 0.3) is 0 Å². The van der Waals surface area contributed by atoms with E-state index in [4.69, 9.17) is 19.9 Å². The minimum atomic E-state index is 0.0464. The topological polar surface area (TPSA) is 67.7 Å². The Bertz CT molecular complexity index is 2520. The lowest BCUT2D eigenvalue weighted by Gasteiger charge is -2.28. The van der Waals surface area contributed by atoms with Crippen LogP contribution in [-0.4, -0.2) is 24.9 Å². The van der Waals surface area contributed by atoms with Crippen molar-refractivity contribution in [2.45, 2.75) is 47.5 Å². The van der Waals surface area contributed by atoms with E-state index >= 15 is 0 Å². The Balaban J connectivity index is 1.28. The van der Waals surface area contributed by atoms with Crippen molar-refractivity contribution in [1.82, 2.24) is 24.9 Å². The van der Waals surface area contributed by atoms with Gasteiger partial charge in [-0.25, -0.2) is 15.0 Å². The molecule has 0 fully saturated rings. The summed E-state index contributed by atoms with van der Waals surface area (Å²) in [6.07, 6.45) is 3.30. The number of aryl methyl sites for hydroxylation is 6. The van der Waals surface area contributed by atoms with Crippen LogP contribution in [0.4, 0.5) is 17.5 Å². The molecule has 8 rings (SSSR count). The molecule has 6 aromatic carbocycles. The van der Waals surface area contributed by atoms with Crippen LogP contribution in [0.1, 0.15) is 56.0 Å². The molecule has 0 aliphatic heterocycles. The summed E-state index contributed by atoms with van der Waals surface area (Å²) in [6, 6.07) is 48.7. The van der Waals surface area contributed by atoms with Crippen molar-refractivity contribution in [2.75, 3.05) is 4.90 Å². The Morgan fingerprint density at radius 1 is 0.464 bits per heavy atom. The van der Waals surface area contributed by atoms with Gasteiger partial charge in [-0.05, 0) is 110 Å². The third-order valence-electron chi connectivity index (χ3n) is 10.4. The van der Waals surface area contributed by atoms with Crippen LogP contribution in [0.15, 0.2) is 152 Å². The second-order valence-corrected chi connectivity index (χ2v) is 14.6. The molecule has 0 amide bonds. The van der Waals surface area contributed by atoms with Crippen LogP contribution < -0.4 is 4.90 Å². The molecule has 2 aromatic heterocycles. The van der Waals surface area contributed by atoms with Gasteiger partial charge in [0.05, 0.1) is 5.69 Å². The molecular weight excluding hydrogens is 685 g/mol. The molecule has 0 saturated carbocycles. The van der Waals surface area contributed by atoms with E-state index in [1.54, 1.807) is 12.5 Å². The van der Waals surface area contributed by atoms with E-state index in [0.717, 1.165) is 27.9 Å². The lowest BCUT2D eigenvalue weighted by molar-refractivity contribution is 0.918. The lowest BCUT2D eigenvalue weighted by Crippen LogP contribution is -2.17. The highest BCUT2D eigenvalue weighted by Crippen LogP contribution is 2.41. The first kappa shape index (κ1) is 36.2. The number of hydrogen-bond acceptors (Lipinski definition) is 6. The van der Waals surface area contributed by atoms with Crippen molar-refractivity contribution in [3.63, 3.8) is 0 Å². The molecule has 0 aliphatic carbocycles. The van der Waals surface area contributed by atoms with E-state index in [-0.39, 0.29) is 5.92 Å². The summed E-state index contributed by atoms with van der Waals surface area (Å²) >= 11 is 0. The standard InChI is InChI=1S/C50H44N6/c1-32-27-34(3)45(35(4)28-32)47(46-36(5)29-33(2)30-37(46)6)40-21-23-43(24-22-40)56(44-25-26-51-31-52-44)50-54-48(41-15-11-8-12-16-41)53-49(55-50)42-19-17-39(18-20-42)38-13-9-7-10-14-38/h7-31,47H,1-6H3. The minimum Gasteiger partial charge on any atom is -0.263 e. The summed E-state index contributed by atoms with van der Waals surface area (Å²) < 4.78 is 0. The van der Waals surface area contributed by atoms with E-state index < -0.39 is 0 Å². The molecule has 6 heteroatoms. The fourth-order valence-electron chi connectivity index (χ4n) is 8.11. The van der Waals surface area contributed by atoms with Crippen LogP contribution in [0.3, 0.4) is 0 Å². The molecule has 2 heterocycles. The fraction of sp³-hybridized carbons (Fsp3) is 0.140. The zero-order valence-electron chi connectivity index (χ0n) is 32.7. The molecular formula is C50H44N6. The van der Waals surface area contributed by atoms with Crippen molar-refractivity contribution < 1.29 is 0 Å². The molecule has 0 saturated heterocycles. The molecule has 0 bridgehead atoms. The van der Waals surface area contributed by atoms with Crippen molar-refractivity contribution >= 4 is 17.5 Å². The molecule has 0 radical (unpaired) electrons. The van der Waals surface area contributed by atoms with Crippen LogP contribution in [0.2, 0.25) is 0 Å². The Labute approximate surface area is 329 Å². The number of rotatable bonds is 9. The van der Waals surface area contributed by atoms with Gasteiger partial charge in [0.2, 0.25) is 5.95 Å². The maximum Gasteiger partial charge on any atom is 0.239 e. The molecule has 274 valence electrons. The van der Waals surface area contributed by atoms with Crippen LogP contribution in [0, 0.1) is 41.5 Å². The third-order valence-corrected chi connectivity index (χ3v) is 10.4. The summed E-state index contributed by atoms with van der Waals surface area (Å²) in [7, 11) is 0. The van der Waals surface area contributed by atoms with Gasteiger partial charge in [0.1, 0.15) is 12.1 Å². The Hall–Kier alpha value is -6.79. The van der Waals surface area contributed by atoms with Gasteiger partial charge in [-0.1, -0.05) is 132 Å². The first-order valence-corrected chi connectivity index (χ1v) is 19.0. The zero-order chi connectivity index (χ0) is 38.8. The largest absolute Gasteiger partial charge is 0.263 e. The summed E-state index contributed by atoms with van der Waals surface area (Å²) in [4.78, 5) is 26.2. The highest BCUT2D eigenvalue weighted by atomic mass is 15.3. The summed E-state index contributed by atoms with van der Waals surface area (Å²) in [5.74, 6) is 2.30. The van der Waals surface area contributed by atoms with Crippen LogP contribution in [0.5, 0.6) is 0 Å². The van der Waals surface area contributed by atoms with Gasteiger partial charge in [-0.2, -0.15) is 9.97 Å². The first-order valence-electron chi connectivity index (χ1n) is 19.0. The number of aromatic nitrogens is 5. The SMILES string of the molecule is Cc1cc(C)c(C(c2ccc(N(c3ccncn3)c3nc(-c4ccccc4)nc(-c4ccc(-c5ccccc5)cc4)n3)cc2)c2c(C)cc(C)cc2C)c(C)c1. The van der Waals surface area contributed by atoms with Crippen molar-refractivity contribution in [3.05, 3.63) is 202 Å². The predicted octanol–water partition coefficient (Wildman–Crippen LogP) is 12.2. The number of hydrogen-bond donors (Lipinski definition) is 0. The van der Waals surface area contributed by atoms with E-state index in [2.05, 4.69) is 144 Å². The maximum atomic E-state index is 5.14.